The summed E-state index contributed by atoms with van der Waals surface area (Å²) in [5, 5.41) is 9.73. The van der Waals surface area contributed by atoms with Gasteiger partial charge in [-0.25, -0.2) is 4.79 Å². The number of hydrogen-bond donors (Lipinski definition) is 1. The topological polar surface area (TPSA) is 93.1 Å². The Labute approximate surface area is 162 Å². The quantitative estimate of drug-likeness (QED) is 0.798. The average molecular weight is 383 g/mol. The van der Waals surface area contributed by atoms with Crippen LogP contribution in [0.1, 0.15) is 28.4 Å². The number of benzene rings is 2. The number of esters is 1. The third-order valence-electron chi connectivity index (χ3n) is 5.00. The maximum atomic E-state index is 13.2. The number of methoxy groups -OCH3 is 2. The minimum atomic E-state index is -1.16. The Morgan fingerprint density at radius 2 is 1.64 bits per heavy atom. The van der Waals surface area contributed by atoms with Gasteiger partial charge in [-0.2, -0.15) is 0 Å². The Morgan fingerprint density at radius 1 is 1.00 bits per heavy atom. The molecule has 0 aromatic heterocycles. The first-order valence-electron chi connectivity index (χ1n) is 8.80. The van der Waals surface area contributed by atoms with E-state index in [-0.39, 0.29) is 6.42 Å². The molecule has 0 spiro atoms. The van der Waals surface area contributed by atoms with Crippen molar-refractivity contribution in [3.63, 3.8) is 0 Å². The molecule has 1 aliphatic heterocycles. The van der Waals surface area contributed by atoms with Crippen molar-refractivity contribution in [1.29, 1.82) is 0 Å². The molecule has 3 atom stereocenters. The van der Waals surface area contributed by atoms with E-state index in [2.05, 4.69) is 0 Å². The normalized spacial score (nSPS) is 21.2. The van der Waals surface area contributed by atoms with Crippen LogP contribution in [-0.2, 0) is 14.3 Å². The molecule has 3 rings (SSSR count). The summed E-state index contributed by atoms with van der Waals surface area (Å²) < 4.78 is 10.1. The first-order valence-corrected chi connectivity index (χ1v) is 8.80. The predicted octanol–water partition coefficient (Wildman–Crippen LogP) is 2.52. The van der Waals surface area contributed by atoms with Gasteiger partial charge in [0.15, 0.2) is 0 Å². The largest absolute Gasteiger partial charge is 0.497 e. The van der Waals surface area contributed by atoms with Gasteiger partial charge >= 0.3 is 11.9 Å². The van der Waals surface area contributed by atoms with Crippen LogP contribution in [0.4, 0.5) is 0 Å². The molecule has 146 valence electrons. The van der Waals surface area contributed by atoms with Gasteiger partial charge in [0.05, 0.1) is 26.2 Å². The van der Waals surface area contributed by atoms with E-state index in [4.69, 9.17) is 9.47 Å². The van der Waals surface area contributed by atoms with Gasteiger partial charge in [-0.1, -0.05) is 30.3 Å². The smallest absolute Gasteiger partial charge is 0.326 e. The maximum absolute atomic E-state index is 13.2. The van der Waals surface area contributed by atoms with Gasteiger partial charge in [0.1, 0.15) is 11.8 Å². The van der Waals surface area contributed by atoms with Crippen molar-refractivity contribution in [3.05, 3.63) is 65.7 Å². The van der Waals surface area contributed by atoms with Crippen LogP contribution in [0.25, 0.3) is 0 Å². The van der Waals surface area contributed by atoms with E-state index < -0.39 is 35.8 Å². The lowest BCUT2D eigenvalue weighted by atomic mass is 9.93. The third-order valence-corrected chi connectivity index (χ3v) is 5.00. The number of carboxylic acid groups (broad SMARTS) is 1. The molecule has 1 aliphatic rings. The number of amides is 1. The van der Waals surface area contributed by atoms with Crippen LogP contribution in [0.3, 0.4) is 0 Å². The van der Waals surface area contributed by atoms with Crippen LogP contribution in [0.2, 0.25) is 0 Å². The second-order valence-corrected chi connectivity index (χ2v) is 6.52. The minimum Gasteiger partial charge on any atom is -0.497 e. The summed E-state index contributed by atoms with van der Waals surface area (Å²) in [6, 6.07) is 13.4. The second-order valence-electron chi connectivity index (χ2n) is 6.52. The summed E-state index contributed by atoms with van der Waals surface area (Å²) in [5.41, 5.74) is 1.00. The van der Waals surface area contributed by atoms with Crippen molar-refractivity contribution in [2.45, 2.75) is 18.5 Å². The molecule has 1 N–H and O–H groups in total. The van der Waals surface area contributed by atoms with Crippen LogP contribution in [-0.4, -0.2) is 48.1 Å². The number of carbonyl (C=O) groups excluding carboxylic acids is 2. The molecule has 0 radical (unpaired) electrons. The molecule has 3 unspecified atom stereocenters. The van der Waals surface area contributed by atoms with E-state index in [9.17, 15) is 19.5 Å². The Hall–Kier alpha value is -3.35. The highest BCUT2D eigenvalue weighted by Crippen LogP contribution is 2.43. The predicted molar refractivity (Wildman–Crippen MR) is 99.9 cm³/mol. The number of rotatable bonds is 5. The number of carboxylic acids is 1. The SMILES string of the molecule is COC(=O)C1CC(C(=O)O)N(C(=O)c2ccccc2)C1c1ccc(OC)cc1. The fraction of sp³-hybridized carbons (Fsp3) is 0.286. The number of ether oxygens (including phenoxy) is 2. The van der Waals surface area contributed by atoms with E-state index in [1.165, 1.54) is 19.1 Å². The standard InChI is InChI=1S/C21H21NO6/c1-27-15-10-8-13(9-11-15)18-16(21(26)28-2)12-17(20(24)25)22(18)19(23)14-6-4-3-5-7-14/h3-11,16-18H,12H2,1-2H3,(H,24,25). The monoisotopic (exact) mass is 383 g/mol. The van der Waals surface area contributed by atoms with Gasteiger partial charge in [0.2, 0.25) is 0 Å². The van der Waals surface area contributed by atoms with E-state index in [0.29, 0.717) is 16.9 Å². The summed E-state index contributed by atoms with van der Waals surface area (Å²) in [4.78, 5) is 38.8. The van der Waals surface area contributed by atoms with Crippen LogP contribution in [0.5, 0.6) is 5.75 Å². The molecule has 7 heteroatoms. The van der Waals surface area contributed by atoms with E-state index >= 15 is 0 Å². The molecule has 7 nitrogen and oxygen atoms in total. The van der Waals surface area contributed by atoms with Crippen LogP contribution < -0.4 is 4.74 Å². The Bertz CT molecular complexity index is 864. The molecule has 1 amide bonds. The molecule has 2 aromatic carbocycles. The molecule has 1 fully saturated rings. The van der Waals surface area contributed by atoms with Crippen LogP contribution in [0, 0.1) is 5.92 Å². The zero-order valence-electron chi connectivity index (χ0n) is 15.6. The molecule has 0 aliphatic carbocycles. The highest BCUT2D eigenvalue weighted by atomic mass is 16.5. The molecule has 1 saturated heterocycles. The summed E-state index contributed by atoms with van der Waals surface area (Å²) >= 11 is 0. The van der Waals surface area contributed by atoms with Crippen molar-refractivity contribution in [2.75, 3.05) is 14.2 Å². The third kappa shape index (κ3) is 3.55. The van der Waals surface area contributed by atoms with Gasteiger partial charge in [-0.05, 0) is 36.2 Å². The lowest BCUT2D eigenvalue weighted by Crippen LogP contribution is -2.42. The van der Waals surface area contributed by atoms with E-state index in [0.717, 1.165) is 0 Å². The highest BCUT2D eigenvalue weighted by Gasteiger charge is 2.51. The summed E-state index contributed by atoms with van der Waals surface area (Å²) in [6.07, 6.45) is -0.0166. The minimum absolute atomic E-state index is 0.0166. The summed E-state index contributed by atoms with van der Waals surface area (Å²) in [7, 11) is 2.79. The first-order chi connectivity index (χ1) is 13.5. The van der Waals surface area contributed by atoms with Gasteiger partial charge in [-0.15, -0.1) is 0 Å². The Balaban J connectivity index is 2.09. The molecule has 0 saturated carbocycles. The molecule has 0 bridgehead atoms. The van der Waals surface area contributed by atoms with Crippen molar-refractivity contribution in [3.8, 4) is 5.75 Å². The molecule has 2 aromatic rings. The average Bonchev–Trinajstić information content (AvgIpc) is 3.14. The lowest BCUT2D eigenvalue weighted by molar-refractivity contribution is -0.146. The van der Waals surface area contributed by atoms with Gasteiger partial charge < -0.3 is 19.5 Å². The highest BCUT2D eigenvalue weighted by molar-refractivity contribution is 5.98. The number of hydrogen-bond acceptors (Lipinski definition) is 5. The van der Waals surface area contributed by atoms with Crippen molar-refractivity contribution < 1.29 is 29.0 Å². The Kier molecular flexibility index (Phi) is 5.63. The summed E-state index contributed by atoms with van der Waals surface area (Å²) in [6.45, 7) is 0. The van der Waals surface area contributed by atoms with Crippen LogP contribution in [0.15, 0.2) is 54.6 Å². The fourth-order valence-electron chi connectivity index (χ4n) is 3.66. The van der Waals surface area contributed by atoms with Crippen molar-refractivity contribution in [2.24, 2.45) is 5.92 Å². The molecule has 28 heavy (non-hydrogen) atoms. The first kappa shape index (κ1) is 19.4. The van der Waals surface area contributed by atoms with Crippen molar-refractivity contribution in [1.82, 2.24) is 4.90 Å². The van der Waals surface area contributed by atoms with Gasteiger partial charge in [-0.3, -0.25) is 9.59 Å². The van der Waals surface area contributed by atoms with E-state index in [1.807, 2.05) is 0 Å². The van der Waals surface area contributed by atoms with Gasteiger partial charge in [0.25, 0.3) is 5.91 Å². The fourth-order valence-corrected chi connectivity index (χ4v) is 3.66. The second kappa shape index (κ2) is 8.12. The molecular weight excluding hydrogens is 362 g/mol. The summed E-state index contributed by atoms with van der Waals surface area (Å²) in [5.74, 6) is -2.32. The molecule has 1 heterocycles. The number of carbonyl (C=O) groups is 3. The maximum Gasteiger partial charge on any atom is 0.326 e. The van der Waals surface area contributed by atoms with Gasteiger partial charge in [0, 0.05) is 5.56 Å². The van der Waals surface area contributed by atoms with Crippen molar-refractivity contribution >= 4 is 17.8 Å². The lowest BCUT2D eigenvalue weighted by Gasteiger charge is -2.30. The Morgan fingerprint density at radius 3 is 2.18 bits per heavy atom. The zero-order valence-corrected chi connectivity index (χ0v) is 15.6. The number of nitrogens with zero attached hydrogens (tertiary/aromatic N) is 1. The zero-order chi connectivity index (χ0) is 20.3. The number of likely N-dealkylation sites (tertiary alicyclic amines) is 1. The van der Waals surface area contributed by atoms with Crippen LogP contribution >= 0.6 is 0 Å². The van der Waals surface area contributed by atoms with E-state index in [1.54, 1.807) is 54.6 Å². The molecular formula is C21H21NO6. The number of aliphatic carboxylic acids is 1.